The van der Waals surface area contributed by atoms with Gasteiger partial charge in [-0.05, 0) is 18.6 Å². The Morgan fingerprint density at radius 3 is 2.47 bits per heavy atom. The highest BCUT2D eigenvalue weighted by Gasteiger charge is 2.72. The van der Waals surface area contributed by atoms with Crippen molar-refractivity contribution in [2.75, 3.05) is 6.61 Å². The van der Waals surface area contributed by atoms with Crippen LogP contribution in [0.1, 0.15) is 23.2 Å². The first-order valence-electron chi connectivity index (χ1n) is 10.1. The molecule has 1 aliphatic heterocycles. The summed E-state index contributed by atoms with van der Waals surface area (Å²) in [4.78, 5) is 25.2. The molecule has 0 spiro atoms. The fraction of sp³-hybridized carbons (Fsp3) is 0.579. The van der Waals surface area contributed by atoms with Gasteiger partial charge in [-0.3, -0.25) is 13.5 Å². The molecule has 188 valence electrons. The Morgan fingerprint density at radius 2 is 1.85 bits per heavy atom. The molecule has 1 aromatic carbocycles. The Morgan fingerprint density at radius 1 is 1.21 bits per heavy atom. The maximum Gasteiger partial charge on any atom is 0.400 e. The van der Waals surface area contributed by atoms with Crippen LogP contribution >= 0.6 is 0 Å². The molecule has 2 aliphatic carbocycles. The molecule has 2 bridgehead atoms. The van der Waals surface area contributed by atoms with Crippen LogP contribution in [0.3, 0.4) is 0 Å². The van der Waals surface area contributed by atoms with Crippen LogP contribution in [0, 0.1) is 17.8 Å². The zero-order chi connectivity index (χ0) is 25.1. The largest absolute Gasteiger partial charge is 0.465 e. The second kappa shape index (κ2) is 8.46. The van der Waals surface area contributed by atoms with Gasteiger partial charge in [-0.2, -0.15) is 25.6 Å². The fourth-order valence-corrected chi connectivity index (χ4v) is 7.41. The molecule has 7 unspecified atom stereocenters. The Hall–Kier alpha value is -2.23. The number of hydrogen-bond donors (Lipinski definition) is 1. The zero-order valence-corrected chi connectivity index (χ0v) is 18.8. The Kier molecular flexibility index (Phi) is 6.19. The van der Waals surface area contributed by atoms with Gasteiger partial charge in [0, 0.05) is 18.3 Å². The predicted molar refractivity (Wildman–Crippen MR) is 105 cm³/mol. The third-order valence-corrected chi connectivity index (χ3v) is 9.12. The summed E-state index contributed by atoms with van der Waals surface area (Å²) >= 11 is 0. The number of alkyl halides is 3. The van der Waals surface area contributed by atoms with Gasteiger partial charge >= 0.3 is 27.3 Å². The van der Waals surface area contributed by atoms with Crippen LogP contribution in [0.25, 0.3) is 0 Å². The first-order chi connectivity index (χ1) is 15.8. The lowest BCUT2D eigenvalue weighted by Gasteiger charge is -2.30. The van der Waals surface area contributed by atoms with Gasteiger partial charge in [-0.25, -0.2) is 9.18 Å². The molecule has 0 amide bonds. The zero-order valence-electron chi connectivity index (χ0n) is 17.1. The third-order valence-electron chi connectivity index (χ3n) is 6.38. The van der Waals surface area contributed by atoms with Crippen molar-refractivity contribution < 1.29 is 57.8 Å². The number of halogens is 3. The van der Waals surface area contributed by atoms with Gasteiger partial charge in [-0.1, -0.05) is 18.2 Å². The van der Waals surface area contributed by atoms with E-state index in [0.29, 0.717) is 0 Å². The second-order valence-corrected chi connectivity index (χ2v) is 11.5. The molecule has 15 heteroatoms. The molecule has 4 rings (SSSR count). The molecule has 1 heterocycles. The summed E-state index contributed by atoms with van der Waals surface area (Å²) in [5.41, 5.74) is 0.190. The number of esters is 2. The van der Waals surface area contributed by atoms with Gasteiger partial charge in [-0.15, -0.1) is 0 Å². The Bertz CT molecular complexity index is 1190. The molecule has 3 aliphatic rings. The Balaban J connectivity index is 1.46. The van der Waals surface area contributed by atoms with Gasteiger partial charge in [0.15, 0.2) is 6.17 Å². The molecule has 1 N–H and O–H groups in total. The molecule has 3 fully saturated rings. The van der Waals surface area contributed by atoms with Crippen molar-refractivity contribution >= 4 is 32.2 Å². The van der Waals surface area contributed by atoms with Crippen LogP contribution in [0.5, 0.6) is 0 Å². The topological polar surface area (TPSA) is 150 Å². The summed E-state index contributed by atoms with van der Waals surface area (Å²) in [5, 5.41) is -6.42. The summed E-state index contributed by atoms with van der Waals surface area (Å²) in [7, 11) is -10.3. The van der Waals surface area contributed by atoms with E-state index in [4.69, 9.17) is 18.2 Å². The van der Waals surface area contributed by atoms with Gasteiger partial charge in [0.2, 0.25) is 0 Å². The maximum absolute atomic E-state index is 13.6. The SMILES string of the molecule is O=C(OC1C2CC3C1OS(=O)(=O)C3C2C(=O)OCCC(F)C(F)(F)S(=O)(=O)O)c1ccccc1. The van der Waals surface area contributed by atoms with Crippen LogP contribution < -0.4 is 0 Å². The van der Waals surface area contributed by atoms with E-state index in [1.54, 1.807) is 18.2 Å². The molecule has 0 aromatic heterocycles. The number of fused-ring (bicyclic) bond motifs is 1. The molecule has 34 heavy (non-hydrogen) atoms. The lowest BCUT2D eigenvalue weighted by molar-refractivity contribution is -0.153. The van der Waals surface area contributed by atoms with Gasteiger partial charge < -0.3 is 9.47 Å². The summed E-state index contributed by atoms with van der Waals surface area (Å²) < 4.78 is 110. The van der Waals surface area contributed by atoms with E-state index >= 15 is 0 Å². The van der Waals surface area contributed by atoms with E-state index in [1.807, 2.05) is 0 Å². The highest BCUT2D eigenvalue weighted by molar-refractivity contribution is 7.87. The van der Waals surface area contributed by atoms with Crippen molar-refractivity contribution in [3.63, 3.8) is 0 Å². The van der Waals surface area contributed by atoms with Gasteiger partial charge in [0.05, 0.1) is 18.1 Å². The average molecular weight is 528 g/mol. The minimum absolute atomic E-state index is 0.160. The fourth-order valence-electron chi connectivity index (χ4n) is 4.91. The number of rotatable bonds is 8. The Labute approximate surface area is 192 Å². The minimum Gasteiger partial charge on any atom is -0.465 e. The van der Waals surface area contributed by atoms with Crippen LogP contribution in [0.15, 0.2) is 30.3 Å². The molecule has 0 radical (unpaired) electrons. The molecule has 1 saturated heterocycles. The third kappa shape index (κ3) is 4.07. The normalized spacial score (nSPS) is 32.4. The van der Waals surface area contributed by atoms with Crippen molar-refractivity contribution in [3.05, 3.63) is 35.9 Å². The summed E-state index contributed by atoms with van der Waals surface area (Å²) in [5.74, 6) is -4.75. The first-order valence-corrected chi connectivity index (χ1v) is 13.0. The maximum atomic E-state index is 13.6. The van der Waals surface area contributed by atoms with Crippen molar-refractivity contribution in [1.29, 1.82) is 0 Å². The quantitative estimate of drug-likeness (QED) is 0.297. The van der Waals surface area contributed by atoms with Crippen molar-refractivity contribution in [2.24, 2.45) is 17.8 Å². The van der Waals surface area contributed by atoms with Crippen LogP contribution in [-0.2, 0) is 38.7 Å². The van der Waals surface area contributed by atoms with Crippen LogP contribution in [0.2, 0.25) is 0 Å². The van der Waals surface area contributed by atoms with Crippen molar-refractivity contribution in [2.45, 2.75) is 41.7 Å². The second-order valence-electron chi connectivity index (χ2n) is 8.30. The smallest absolute Gasteiger partial charge is 0.400 e. The number of ether oxygens (including phenoxy) is 2. The van der Waals surface area contributed by atoms with Crippen LogP contribution in [0.4, 0.5) is 13.2 Å². The predicted octanol–water partition coefficient (Wildman–Crippen LogP) is 1.33. The molecular weight excluding hydrogens is 509 g/mol. The number of carbonyl (C=O) groups excluding carboxylic acids is 2. The summed E-state index contributed by atoms with van der Waals surface area (Å²) in [6.45, 7) is -1.01. The molecule has 2 saturated carbocycles. The molecular formula is C19H19F3O10S2. The molecule has 7 atom stereocenters. The van der Waals surface area contributed by atoms with Crippen LogP contribution in [-0.4, -0.2) is 68.8 Å². The standard InChI is InChI=1S/C19H19F3O10S2/c20-12(19(21,22)34(27,28)29)6-7-30-18(24)13-10-8-11-15(32-33(25,26)16(11)13)14(10)31-17(23)9-4-2-1-3-5-9/h1-5,10-16H,6-8H2,(H,27,28,29). The minimum atomic E-state index is -6.03. The van der Waals surface area contributed by atoms with E-state index in [1.165, 1.54) is 12.1 Å². The molecule has 1 aromatic rings. The van der Waals surface area contributed by atoms with E-state index in [9.17, 15) is 39.6 Å². The van der Waals surface area contributed by atoms with Gasteiger partial charge in [0.25, 0.3) is 10.1 Å². The number of hydrogen-bond acceptors (Lipinski definition) is 9. The highest BCUT2D eigenvalue weighted by Crippen LogP contribution is 2.58. The van der Waals surface area contributed by atoms with E-state index in [2.05, 4.69) is 0 Å². The van der Waals surface area contributed by atoms with Crippen molar-refractivity contribution in [3.8, 4) is 0 Å². The van der Waals surface area contributed by atoms with Crippen molar-refractivity contribution in [1.82, 2.24) is 0 Å². The summed E-state index contributed by atoms with van der Waals surface area (Å²) in [6, 6.07) is 7.81. The number of carbonyl (C=O) groups is 2. The highest BCUT2D eigenvalue weighted by atomic mass is 32.2. The monoisotopic (exact) mass is 528 g/mol. The first kappa shape index (κ1) is 24.9. The van der Waals surface area contributed by atoms with Gasteiger partial charge in [0.1, 0.15) is 17.5 Å². The molecule has 10 nitrogen and oxygen atoms in total. The lowest BCUT2D eigenvalue weighted by atomic mass is 9.84. The average Bonchev–Trinajstić information content (AvgIpc) is 3.36. The summed E-state index contributed by atoms with van der Waals surface area (Å²) in [6.07, 6.45) is -6.57. The van der Waals surface area contributed by atoms with E-state index in [-0.39, 0.29) is 12.0 Å². The van der Waals surface area contributed by atoms with E-state index in [0.717, 1.165) is 0 Å². The number of benzene rings is 1. The van der Waals surface area contributed by atoms with E-state index < -0.39 is 91.8 Å². The lowest BCUT2D eigenvalue weighted by Crippen LogP contribution is -2.46.